The molecule has 5 heteroatoms. The Morgan fingerprint density at radius 1 is 1.40 bits per heavy atom. The van der Waals surface area contributed by atoms with E-state index in [-0.39, 0.29) is 5.69 Å². The maximum Gasteiger partial charge on any atom is 0.311 e. The lowest BCUT2D eigenvalue weighted by atomic mass is 9.96. The van der Waals surface area contributed by atoms with E-state index in [0.717, 1.165) is 24.9 Å². The van der Waals surface area contributed by atoms with Gasteiger partial charge in [-0.2, -0.15) is 0 Å². The highest BCUT2D eigenvalue weighted by molar-refractivity contribution is 5.48. The predicted molar refractivity (Wildman–Crippen MR) is 80.3 cm³/mol. The van der Waals surface area contributed by atoms with Gasteiger partial charge in [0.2, 0.25) is 0 Å². The van der Waals surface area contributed by atoms with Crippen LogP contribution >= 0.6 is 0 Å². The molecule has 0 saturated heterocycles. The third-order valence-corrected chi connectivity index (χ3v) is 3.46. The summed E-state index contributed by atoms with van der Waals surface area (Å²) in [6, 6.07) is 5.61. The average molecular weight is 280 g/mol. The molecule has 0 aromatic heterocycles. The highest BCUT2D eigenvalue weighted by Gasteiger charge is 2.16. The van der Waals surface area contributed by atoms with E-state index in [1.54, 1.807) is 12.1 Å². The number of benzene rings is 1. The molecular formula is C15H24N2O3. The Morgan fingerprint density at radius 3 is 2.60 bits per heavy atom. The van der Waals surface area contributed by atoms with E-state index >= 15 is 0 Å². The standard InChI is InChI=1S/C15H24N2O3/c1-5-16-13(11(2)3)8-6-12-7-9-15(20-4)14(10-12)17(18)19/h7,9-11,13,16H,5-6,8H2,1-4H3. The molecule has 0 aliphatic heterocycles. The van der Waals surface area contributed by atoms with Crippen LogP contribution in [0.1, 0.15) is 32.8 Å². The van der Waals surface area contributed by atoms with Gasteiger partial charge >= 0.3 is 5.69 Å². The first-order valence-corrected chi connectivity index (χ1v) is 7.04. The van der Waals surface area contributed by atoms with Crippen LogP contribution in [0.2, 0.25) is 0 Å². The van der Waals surface area contributed by atoms with Gasteiger partial charge in [-0.05, 0) is 36.9 Å². The minimum atomic E-state index is -0.396. The quantitative estimate of drug-likeness (QED) is 0.587. The Labute approximate surface area is 120 Å². The Balaban J connectivity index is 2.77. The number of nitrogens with one attached hydrogen (secondary N) is 1. The van der Waals surface area contributed by atoms with Crippen molar-refractivity contribution in [2.24, 2.45) is 5.92 Å². The summed E-state index contributed by atoms with van der Waals surface area (Å²) in [6.45, 7) is 7.40. The predicted octanol–water partition coefficient (Wildman–Crippen LogP) is 3.17. The molecule has 1 unspecified atom stereocenters. The Kier molecular flexibility index (Phi) is 6.45. The molecule has 0 amide bonds. The Morgan fingerprint density at radius 2 is 2.10 bits per heavy atom. The molecule has 1 aromatic carbocycles. The summed E-state index contributed by atoms with van der Waals surface area (Å²) in [5.74, 6) is 0.856. The maximum atomic E-state index is 11.0. The van der Waals surface area contributed by atoms with Crippen molar-refractivity contribution in [3.8, 4) is 5.75 Å². The first-order chi connectivity index (χ1) is 9.49. The van der Waals surface area contributed by atoms with Crippen LogP contribution in [0.15, 0.2) is 18.2 Å². The monoisotopic (exact) mass is 280 g/mol. The third-order valence-electron chi connectivity index (χ3n) is 3.46. The van der Waals surface area contributed by atoms with Gasteiger partial charge in [-0.15, -0.1) is 0 Å². The molecule has 0 aliphatic rings. The van der Waals surface area contributed by atoms with Gasteiger partial charge in [0.1, 0.15) is 0 Å². The number of aryl methyl sites for hydroxylation is 1. The van der Waals surface area contributed by atoms with Crippen LogP contribution in [0.4, 0.5) is 5.69 Å². The minimum Gasteiger partial charge on any atom is -0.490 e. The molecule has 0 saturated carbocycles. The zero-order chi connectivity index (χ0) is 15.1. The molecular weight excluding hydrogens is 256 g/mol. The molecule has 112 valence electrons. The van der Waals surface area contributed by atoms with Gasteiger partial charge < -0.3 is 10.1 Å². The van der Waals surface area contributed by atoms with Crippen LogP contribution in [0.3, 0.4) is 0 Å². The van der Waals surface area contributed by atoms with Crippen LogP contribution in [-0.4, -0.2) is 24.6 Å². The van der Waals surface area contributed by atoms with Crippen LogP contribution in [0.5, 0.6) is 5.75 Å². The zero-order valence-corrected chi connectivity index (χ0v) is 12.7. The fraction of sp³-hybridized carbons (Fsp3) is 0.600. The van der Waals surface area contributed by atoms with Crippen molar-refractivity contribution < 1.29 is 9.66 Å². The number of nitrogens with zero attached hydrogens (tertiary/aromatic N) is 1. The molecule has 0 heterocycles. The fourth-order valence-corrected chi connectivity index (χ4v) is 2.29. The van der Waals surface area contributed by atoms with Crippen LogP contribution in [-0.2, 0) is 6.42 Å². The summed E-state index contributed by atoms with van der Waals surface area (Å²) in [4.78, 5) is 10.6. The molecule has 0 spiro atoms. The van der Waals surface area contributed by atoms with Crippen LogP contribution < -0.4 is 10.1 Å². The van der Waals surface area contributed by atoms with E-state index in [1.165, 1.54) is 7.11 Å². The largest absolute Gasteiger partial charge is 0.490 e. The second-order valence-corrected chi connectivity index (χ2v) is 5.21. The SMILES string of the molecule is CCNC(CCc1ccc(OC)c([N+](=O)[O-])c1)C(C)C. The van der Waals surface area contributed by atoms with Gasteiger partial charge in [0.25, 0.3) is 0 Å². The Hall–Kier alpha value is -1.62. The summed E-state index contributed by atoms with van der Waals surface area (Å²) >= 11 is 0. The van der Waals surface area contributed by atoms with E-state index in [9.17, 15) is 10.1 Å². The van der Waals surface area contributed by atoms with Crippen molar-refractivity contribution in [1.29, 1.82) is 0 Å². The first-order valence-electron chi connectivity index (χ1n) is 7.04. The number of hydrogen-bond acceptors (Lipinski definition) is 4. The molecule has 0 radical (unpaired) electrons. The minimum absolute atomic E-state index is 0.0366. The van der Waals surface area contributed by atoms with Crippen molar-refractivity contribution >= 4 is 5.69 Å². The topological polar surface area (TPSA) is 64.4 Å². The number of nitro benzene ring substituents is 1. The highest BCUT2D eigenvalue weighted by Crippen LogP contribution is 2.28. The summed E-state index contributed by atoms with van der Waals surface area (Å²) in [7, 11) is 1.45. The second kappa shape index (κ2) is 7.85. The summed E-state index contributed by atoms with van der Waals surface area (Å²) in [5, 5.41) is 14.4. The second-order valence-electron chi connectivity index (χ2n) is 5.21. The molecule has 1 N–H and O–H groups in total. The van der Waals surface area contributed by atoms with Crippen molar-refractivity contribution in [3.63, 3.8) is 0 Å². The van der Waals surface area contributed by atoms with Gasteiger partial charge in [-0.3, -0.25) is 10.1 Å². The van der Waals surface area contributed by atoms with E-state index < -0.39 is 4.92 Å². The molecule has 0 aliphatic carbocycles. The maximum absolute atomic E-state index is 11.0. The van der Waals surface area contributed by atoms with Gasteiger partial charge in [0.05, 0.1) is 12.0 Å². The Bertz CT molecular complexity index is 447. The molecule has 20 heavy (non-hydrogen) atoms. The normalized spacial score (nSPS) is 12.4. The third kappa shape index (κ3) is 4.49. The fourth-order valence-electron chi connectivity index (χ4n) is 2.29. The van der Waals surface area contributed by atoms with E-state index in [1.807, 2.05) is 6.07 Å². The van der Waals surface area contributed by atoms with E-state index in [4.69, 9.17) is 4.74 Å². The van der Waals surface area contributed by atoms with E-state index in [2.05, 4.69) is 26.1 Å². The summed E-state index contributed by atoms with van der Waals surface area (Å²) in [5.41, 5.74) is 1.01. The lowest BCUT2D eigenvalue weighted by molar-refractivity contribution is -0.385. The van der Waals surface area contributed by atoms with Gasteiger partial charge in [0, 0.05) is 12.1 Å². The van der Waals surface area contributed by atoms with Crippen molar-refractivity contribution in [3.05, 3.63) is 33.9 Å². The van der Waals surface area contributed by atoms with Crippen LogP contribution in [0, 0.1) is 16.0 Å². The zero-order valence-electron chi connectivity index (χ0n) is 12.7. The first kappa shape index (κ1) is 16.4. The number of rotatable bonds is 8. The van der Waals surface area contributed by atoms with Crippen molar-refractivity contribution in [2.75, 3.05) is 13.7 Å². The molecule has 0 bridgehead atoms. The summed E-state index contributed by atoms with van der Waals surface area (Å²) in [6.07, 6.45) is 1.79. The molecule has 0 fully saturated rings. The molecule has 1 rings (SSSR count). The highest BCUT2D eigenvalue weighted by atomic mass is 16.6. The lowest BCUT2D eigenvalue weighted by Gasteiger charge is -2.21. The number of methoxy groups -OCH3 is 1. The number of hydrogen-bond donors (Lipinski definition) is 1. The van der Waals surface area contributed by atoms with Gasteiger partial charge in [-0.1, -0.05) is 26.8 Å². The van der Waals surface area contributed by atoms with Crippen LogP contribution in [0.25, 0.3) is 0 Å². The molecule has 5 nitrogen and oxygen atoms in total. The van der Waals surface area contributed by atoms with Gasteiger partial charge in [-0.25, -0.2) is 0 Å². The number of nitro groups is 1. The van der Waals surface area contributed by atoms with E-state index in [0.29, 0.717) is 17.7 Å². The van der Waals surface area contributed by atoms with Crippen molar-refractivity contribution in [1.82, 2.24) is 5.32 Å². The smallest absolute Gasteiger partial charge is 0.311 e. The molecule has 1 aromatic rings. The average Bonchev–Trinajstić information content (AvgIpc) is 2.42. The van der Waals surface area contributed by atoms with Crippen molar-refractivity contribution in [2.45, 2.75) is 39.7 Å². The molecule has 1 atom stereocenters. The number of ether oxygens (including phenoxy) is 1. The lowest BCUT2D eigenvalue weighted by Crippen LogP contribution is -2.34. The van der Waals surface area contributed by atoms with Gasteiger partial charge in [0.15, 0.2) is 5.75 Å². The summed E-state index contributed by atoms with van der Waals surface area (Å²) < 4.78 is 5.01.